The predicted molar refractivity (Wildman–Crippen MR) is 56.0 cm³/mol. The molecule has 0 aromatic rings. The lowest BCUT2D eigenvalue weighted by Gasteiger charge is -2.24. The fourth-order valence-electron chi connectivity index (χ4n) is 1.64. The number of ether oxygens (including phenoxy) is 1. The lowest BCUT2D eigenvalue weighted by Crippen LogP contribution is -2.48. The Morgan fingerprint density at radius 3 is 2.80 bits per heavy atom. The van der Waals surface area contributed by atoms with Crippen LogP contribution < -0.4 is 5.32 Å². The molecule has 1 aliphatic rings. The second kappa shape index (κ2) is 4.63. The first kappa shape index (κ1) is 12.0. The lowest BCUT2D eigenvalue weighted by molar-refractivity contribution is -0.127. The maximum atomic E-state index is 11.8. The Labute approximate surface area is 90.6 Å². The first-order valence-corrected chi connectivity index (χ1v) is 5.37. The molecule has 1 rings (SSSR count). The molecule has 1 fully saturated rings. The van der Waals surface area contributed by atoms with Crippen LogP contribution >= 0.6 is 0 Å². The second-order valence-electron chi connectivity index (χ2n) is 4.26. The van der Waals surface area contributed by atoms with Gasteiger partial charge in [0.05, 0.1) is 18.1 Å². The number of nitrogens with zero attached hydrogens (tertiary/aromatic N) is 1. The van der Waals surface area contributed by atoms with Crippen molar-refractivity contribution in [1.82, 2.24) is 5.32 Å². The number of amides is 1. The summed E-state index contributed by atoms with van der Waals surface area (Å²) in [5.74, 6) is -0.171. The van der Waals surface area contributed by atoms with Crippen molar-refractivity contribution in [1.29, 1.82) is 5.26 Å². The van der Waals surface area contributed by atoms with Crippen molar-refractivity contribution in [3.8, 4) is 6.07 Å². The summed E-state index contributed by atoms with van der Waals surface area (Å²) < 4.78 is 5.32. The van der Waals surface area contributed by atoms with Crippen LogP contribution in [0.2, 0.25) is 0 Å². The quantitative estimate of drug-likeness (QED) is 0.761. The normalized spacial score (nSPS) is 29.2. The summed E-state index contributed by atoms with van der Waals surface area (Å²) in [5, 5.41) is 11.7. The van der Waals surface area contributed by atoms with Crippen LogP contribution in [0.25, 0.3) is 0 Å². The Bertz CT molecular complexity index is 285. The summed E-state index contributed by atoms with van der Waals surface area (Å²) in [6.45, 7) is 6.16. The van der Waals surface area contributed by atoms with Gasteiger partial charge >= 0.3 is 0 Å². The summed E-state index contributed by atoms with van der Waals surface area (Å²) in [5.41, 5.74) is -0.751. The predicted octanol–water partition coefficient (Wildman–Crippen LogP) is 1.22. The molecule has 1 heterocycles. The Kier molecular flexibility index (Phi) is 3.70. The monoisotopic (exact) mass is 210 g/mol. The highest BCUT2D eigenvalue weighted by Crippen LogP contribution is 2.21. The molecule has 1 aliphatic heterocycles. The van der Waals surface area contributed by atoms with Gasteiger partial charge in [0.25, 0.3) is 0 Å². The second-order valence-corrected chi connectivity index (χ2v) is 4.26. The molecule has 4 heteroatoms. The van der Waals surface area contributed by atoms with Gasteiger partial charge in [0, 0.05) is 6.61 Å². The van der Waals surface area contributed by atoms with E-state index < -0.39 is 5.54 Å². The van der Waals surface area contributed by atoms with Crippen molar-refractivity contribution in [2.75, 3.05) is 6.61 Å². The van der Waals surface area contributed by atoms with Gasteiger partial charge in [0.1, 0.15) is 5.54 Å². The molecule has 3 unspecified atom stereocenters. The Morgan fingerprint density at radius 2 is 2.40 bits per heavy atom. The van der Waals surface area contributed by atoms with Gasteiger partial charge in [-0.05, 0) is 26.7 Å². The summed E-state index contributed by atoms with van der Waals surface area (Å²) in [4.78, 5) is 11.8. The average Bonchev–Trinajstić information content (AvgIpc) is 2.64. The minimum Gasteiger partial charge on any atom is -0.378 e. The highest BCUT2D eigenvalue weighted by molar-refractivity contribution is 5.80. The Hall–Kier alpha value is -1.08. The highest BCUT2D eigenvalue weighted by atomic mass is 16.5. The van der Waals surface area contributed by atoms with Crippen LogP contribution in [-0.4, -0.2) is 24.2 Å². The van der Waals surface area contributed by atoms with Crippen LogP contribution in [0.3, 0.4) is 0 Å². The van der Waals surface area contributed by atoms with Crippen molar-refractivity contribution >= 4 is 5.91 Å². The largest absolute Gasteiger partial charge is 0.378 e. The van der Waals surface area contributed by atoms with Crippen LogP contribution in [0, 0.1) is 17.2 Å². The summed E-state index contributed by atoms with van der Waals surface area (Å²) in [7, 11) is 0. The van der Waals surface area contributed by atoms with E-state index in [4.69, 9.17) is 10.00 Å². The molecule has 0 saturated carbocycles. The van der Waals surface area contributed by atoms with Crippen LogP contribution in [0.15, 0.2) is 0 Å². The maximum Gasteiger partial charge on any atom is 0.227 e. The standard InChI is InChI=1S/C11H18N2O2/c1-4-11(3,7-12)13-10(14)9-5-6-15-8(9)2/h8-9H,4-6H2,1-3H3,(H,13,14). The zero-order valence-electron chi connectivity index (χ0n) is 9.54. The van der Waals surface area contributed by atoms with E-state index in [9.17, 15) is 4.79 Å². The molecule has 4 nitrogen and oxygen atoms in total. The van der Waals surface area contributed by atoms with Crippen molar-refractivity contribution in [3.05, 3.63) is 0 Å². The molecule has 84 valence electrons. The number of hydrogen-bond acceptors (Lipinski definition) is 3. The third-order valence-electron chi connectivity index (χ3n) is 3.07. The fraction of sp³-hybridized carbons (Fsp3) is 0.818. The topological polar surface area (TPSA) is 62.1 Å². The molecular formula is C11H18N2O2. The van der Waals surface area contributed by atoms with Gasteiger partial charge in [-0.1, -0.05) is 6.92 Å². The van der Waals surface area contributed by atoms with Gasteiger partial charge in [-0.25, -0.2) is 0 Å². The molecule has 0 radical (unpaired) electrons. The summed E-state index contributed by atoms with van der Waals surface area (Å²) >= 11 is 0. The molecule has 1 saturated heterocycles. The van der Waals surface area contributed by atoms with E-state index in [1.54, 1.807) is 6.92 Å². The smallest absolute Gasteiger partial charge is 0.227 e. The molecule has 0 aromatic heterocycles. The molecule has 1 N–H and O–H groups in total. The Balaban J connectivity index is 2.59. The maximum absolute atomic E-state index is 11.8. The molecule has 0 aromatic carbocycles. The van der Waals surface area contributed by atoms with Crippen molar-refractivity contribution in [2.45, 2.75) is 45.3 Å². The zero-order valence-corrected chi connectivity index (χ0v) is 9.54. The van der Waals surface area contributed by atoms with E-state index in [1.165, 1.54) is 0 Å². The number of carbonyl (C=O) groups excluding carboxylic acids is 1. The first-order chi connectivity index (χ1) is 7.02. The molecular weight excluding hydrogens is 192 g/mol. The van der Waals surface area contributed by atoms with Crippen molar-refractivity contribution in [3.63, 3.8) is 0 Å². The van der Waals surface area contributed by atoms with E-state index in [2.05, 4.69) is 11.4 Å². The van der Waals surface area contributed by atoms with Gasteiger partial charge in [0.2, 0.25) is 5.91 Å². The van der Waals surface area contributed by atoms with Gasteiger partial charge in [-0.15, -0.1) is 0 Å². The molecule has 15 heavy (non-hydrogen) atoms. The van der Waals surface area contributed by atoms with Crippen molar-refractivity contribution < 1.29 is 9.53 Å². The number of nitrogens with one attached hydrogen (secondary N) is 1. The zero-order chi connectivity index (χ0) is 11.5. The number of carbonyl (C=O) groups is 1. The fourth-order valence-corrected chi connectivity index (χ4v) is 1.64. The molecule has 0 bridgehead atoms. The van der Waals surface area contributed by atoms with E-state index in [-0.39, 0.29) is 17.9 Å². The van der Waals surface area contributed by atoms with E-state index >= 15 is 0 Å². The SMILES string of the molecule is CCC(C)(C#N)NC(=O)C1CCOC1C. The highest BCUT2D eigenvalue weighted by Gasteiger charge is 2.34. The van der Waals surface area contributed by atoms with Gasteiger partial charge < -0.3 is 10.1 Å². The molecule has 1 amide bonds. The summed E-state index contributed by atoms with van der Waals surface area (Å²) in [6, 6.07) is 2.12. The third kappa shape index (κ3) is 2.69. The lowest BCUT2D eigenvalue weighted by atomic mass is 9.96. The average molecular weight is 210 g/mol. The summed E-state index contributed by atoms with van der Waals surface area (Å²) in [6.07, 6.45) is 1.32. The van der Waals surface area contributed by atoms with E-state index in [0.29, 0.717) is 13.0 Å². The molecule has 3 atom stereocenters. The van der Waals surface area contributed by atoms with Gasteiger partial charge in [-0.3, -0.25) is 4.79 Å². The first-order valence-electron chi connectivity index (χ1n) is 5.37. The Morgan fingerprint density at radius 1 is 1.73 bits per heavy atom. The van der Waals surface area contributed by atoms with Crippen molar-refractivity contribution in [2.24, 2.45) is 5.92 Å². The van der Waals surface area contributed by atoms with Crippen LogP contribution in [0.5, 0.6) is 0 Å². The van der Waals surface area contributed by atoms with Gasteiger partial charge in [-0.2, -0.15) is 5.26 Å². The minimum atomic E-state index is -0.751. The molecule has 0 spiro atoms. The molecule has 0 aliphatic carbocycles. The number of nitriles is 1. The van der Waals surface area contributed by atoms with Crippen LogP contribution in [-0.2, 0) is 9.53 Å². The van der Waals surface area contributed by atoms with E-state index in [0.717, 1.165) is 6.42 Å². The minimum absolute atomic E-state index is 0.0372. The number of hydrogen-bond donors (Lipinski definition) is 1. The van der Waals surface area contributed by atoms with E-state index in [1.807, 2.05) is 13.8 Å². The van der Waals surface area contributed by atoms with Gasteiger partial charge in [0.15, 0.2) is 0 Å². The number of rotatable bonds is 3. The third-order valence-corrected chi connectivity index (χ3v) is 3.07. The van der Waals surface area contributed by atoms with Crippen LogP contribution in [0.4, 0.5) is 0 Å². The van der Waals surface area contributed by atoms with Crippen LogP contribution in [0.1, 0.15) is 33.6 Å².